The van der Waals surface area contributed by atoms with E-state index in [4.69, 9.17) is 0 Å². The molecule has 0 atom stereocenters. The second kappa shape index (κ2) is 9.19. The molecule has 2 aromatic carbocycles. The Balaban J connectivity index is 1.70. The molecule has 3 rings (SSSR count). The third-order valence-electron chi connectivity index (χ3n) is 4.49. The van der Waals surface area contributed by atoms with E-state index < -0.39 is 10.0 Å². The highest BCUT2D eigenvalue weighted by atomic mass is 32.2. The van der Waals surface area contributed by atoms with Gasteiger partial charge in [0.1, 0.15) is 0 Å². The fraction of sp³-hybridized carbons (Fsp3) is 0.238. The number of hydrogen-bond acceptors (Lipinski definition) is 5. The molecule has 0 spiro atoms. The number of benzene rings is 2. The topological polar surface area (TPSA) is 79.4 Å². The van der Waals surface area contributed by atoms with Gasteiger partial charge >= 0.3 is 0 Å². The SMILES string of the molecule is CCN(CC)C(=O)Cc1cnc(NS(=O)(=O)c2ccc(-c3ccccc3)cc2)s1. The summed E-state index contributed by atoms with van der Waals surface area (Å²) >= 11 is 1.17. The molecule has 0 bridgehead atoms. The fourth-order valence-corrected chi connectivity index (χ4v) is 4.95. The van der Waals surface area contributed by atoms with Crippen LogP contribution in [0.1, 0.15) is 18.7 Å². The lowest BCUT2D eigenvalue weighted by molar-refractivity contribution is -0.130. The number of anilines is 1. The first kappa shape index (κ1) is 21.0. The molecule has 1 N–H and O–H groups in total. The number of amides is 1. The van der Waals surface area contributed by atoms with Crippen LogP contribution in [0, 0.1) is 0 Å². The van der Waals surface area contributed by atoms with E-state index in [2.05, 4.69) is 9.71 Å². The van der Waals surface area contributed by atoms with Crippen molar-refractivity contribution in [3.8, 4) is 11.1 Å². The van der Waals surface area contributed by atoms with Gasteiger partial charge in [0.15, 0.2) is 5.13 Å². The quantitative estimate of drug-likeness (QED) is 0.586. The summed E-state index contributed by atoms with van der Waals surface area (Å²) in [5, 5.41) is 0.250. The van der Waals surface area contributed by atoms with Crippen molar-refractivity contribution in [3.05, 3.63) is 65.7 Å². The smallest absolute Gasteiger partial charge is 0.263 e. The summed E-state index contributed by atoms with van der Waals surface area (Å²) in [5.41, 5.74) is 1.96. The highest BCUT2D eigenvalue weighted by molar-refractivity contribution is 7.93. The van der Waals surface area contributed by atoms with Crippen molar-refractivity contribution < 1.29 is 13.2 Å². The molecule has 8 heteroatoms. The molecule has 0 aliphatic heterocycles. The maximum absolute atomic E-state index is 12.7. The zero-order valence-electron chi connectivity index (χ0n) is 16.3. The average Bonchev–Trinajstić information content (AvgIpc) is 3.15. The Morgan fingerprint density at radius 3 is 2.24 bits per heavy atom. The molecule has 1 aromatic heterocycles. The Bertz CT molecular complexity index is 1060. The summed E-state index contributed by atoms with van der Waals surface area (Å²) in [5.74, 6) is 0.00422. The predicted molar refractivity (Wildman–Crippen MR) is 116 cm³/mol. The summed E-state index contributed by atoms with van der Waals surface area (Å²) in [6.45, 7) is 5.15. The standard InChI is InChI=1S/C21H23N3O3S2/c1-3-24(4-2)20(25)14-18-15-22-21(28-18)23-29(26,27)19-12-10-17(11-13-19)16-8-6-5-7-9-16/h5-13,15H,3-4,14H2,1-2H3,(H,22,23). The number of sulfonamides is 1. The lowest BCUT2D eigenvalue weighted by Gasteiger charge is -2.17. The van der Waals surface area contributed by atoms with Crippen LogP contribution < -0.4 is 4.72 Å². The number of rotatable bonds is 8. The lowest BCUT2D eigenvalue weighted by Crippen LogP contribution is -2.31. The third-order valence-corrected chi connectivity index (χ3v) is 6.89. The average molecular weight is 430 g/mol. The van der Waals surface area contributed by atoms with Gasteiger partial charge in [-0.2, -0.15) is 0 Å². The fourth-order valence-electron chi connectivity index (χ4n) is 2.90. The summed E-state index contributed by atoms with van der Waals surface area (Å²) in [4.78, 5) is 18.9. The van der Waals surface area contributed by atoms with Crippen molar-refractivity contribution in [3.63, 3.8) is 0 Å². The summed E-state index contributed by atoms with van der Waals surface area (Å²) in [6, 6.07) is 16.5. The van der Waals surface area contributed by atoms with Gasteiger partial charge in [-0.15, -0.1) is 11.3 Å². The van der Waals surface area contributed by atoms with Crippen LogP contribution in [0.4, 0.5) is 5.13 Å². The van der Waals surface area contributed by atoms with Crippen molar-refractivity contribution in [2.45, 2.75) is 25.2 Å². The Hall–Kier alpha value is -2.71. The molecule has 0 saturated carbocycles. The molecule has 152 valence electrons. The van der Waals surface area contributed by atoms with E-state index >= 15 is 0 Å². The minimum absolute atomic E-state index is 0.00422. The van der Waals surface area contributed by atoms with Gasteiger partial charge in [-0.1, -0.05) is 42.5 Å². The predicted octanol–water partition coefficient (Wildman–Crippen LogP) is 4.02. The molecular formula is C21H23N3O3S2. The van der Waals surface area contributed by atoms with Gasteiger partial charge in [-0.25, -0.2) is 13.4 Å². The van der Waals surface area contributed by atoms with Gasteiger partial charge in [0.05, 0.1) is 11.3 Å². The van der Waals surface area contributed by atoms with Crippen LogP contribution in [0.5, 0.6) is 0 Å². The Morgan fingerprint density at radius 2 is 1.62 bits per heavy atom. The molecule has 0 aliphatic carbocycles. The van der Waals surface area contributed by atoms with Crippen LogP contribution in [-0.2, 0) is 21.2 Å². The van der Waals surface area contributed by atoms with Crippen molar-refractivity contribution >= 4 is 32.4 Å². The Labute approximate surface area is 175 Å². The molecule has 3 aromatic rings. The minimum Gasteiger partial charge on any atom is -0.343 e. The van der Waals surface area contributed by atoms with E-state index in [9.17, 15) is 13.2 Å². The highest BCUT2D eigenvalue weighted by Crippen LogP contribution is 2.25. The van der Waals surface area contributed by atoms with Gasteiger partial charge in [-0.05, 0) is 37.1 Å². The number of nitrogens with zero attached hydrogens (tertiary/aromatic N) is 2. The molecule has 0 radical (unpaired) electrons. The second-order valence-corrected chi connectivity index (χ2v) is 9.17. The minimum atomic E-state index is -3.75. The maximum Gasteiger partial charge on any atom is 0.263 e. The summed E-state index contributed by atoms with van der Waals surface area (Å²) in [7, 11) is -3.75. The number of hydrogen-bond donors (Lipinski definition) is 1. The van der Waals surface area contributed by atoms with Gasteiger partial charge in [0, 0.05) is 24.2 Å². The normalized spacial score (nSPS) is 11.2. The zero-order chi connectivity index (χ0) is 20.9. The van der Waals surface area contributed by atoms with Crippen LogP contribution in [0.25, 0.3) is 11.1 Å². The molecular weight excluding hydrogens is 406 g/mol. The summed E-state index contributed by atoms with van der Waals surface area (Å²) in [6.07, 6.45) is 1.76. The Kier molecular flexibility index (Phi) is 6.66. The van der Waals surface area contributed by atoms with Crippen LogP contribution >= 0.6 is 11.3 Å². The van der Waals surface area contributed by atoms with Crippen LogP contribution in [0.3, 0.4) is 0 Å². The van der Waals surface area contributed by atoms with Crippen molar-refractivity contribution in [1.29, 1.82) is 0 Å². The first-order valence-electron chi connectivity index (χ1n) is 9.33. The Morgan fingerprint density at radius 1 is 1.00 bits per heavy atom. The van der Waals surface area contributed by atoms with Crippen LogP contribution in [0.15, 0.2) is 65.7 Å². The molecule has 0 saturated heterocycles. The molecule has 6 nitrogen and oxygen atoms in total. The maximum atomic E-state index is 12.7. The molecule has 1 amide bonds. The van der Waals surface area contributed by atoms with E-state index in [0.29, 0.717) is 13.1 Å². The van der Waals surface area contributed by atoms with E-state index in [1.807, 2.05) is 44.2 Å². The summed E-state index contributed by atoms with van der Waals surface area (Å²) < 4.78 is 27.8. The molecule has 0 fully saturated rings. The number of nitrogens with one attached hydrogen (secondary N) is 1. The van der Waals surface area contributed by atoms with Crippen molar-refractivity contribution in [1.82, 2.24) is 9.88 Å². The molecule has 1 heterocycles. The van der Waals surface area contributed by atoms with E-state index in [1.165, 1.54) is 11.3 Å². The number of carbonyl (C=O) groups is 1. The van der Waals surface area contributed by atoms with E-state index in [0.717, 1.165) is 16.0 Å². The van der Waals surface area contributed by atoms with Gasteiger partial charge in [0.2, 0.25) is 5.91 Å². The van der Waals surface area contributed by atoms with Crippen molar-refractivity contribution in [2.24, 2.45) is 0 Å². The molecule has 29 heavy (non-hydrogen) atoms. The first-order valence-corrected chi connectivity index (χ1v) is 11.6. The molecule has 0 aliphatic rings. The first-order chi connectivity index (χ1) is 13.9. The number of thiazole rings is 1. The van der Waals surface area contributed by atoms with Crippen molar-refractivity contribution in [2.75, 3.05) is 17.8 Å². The number of carbonyl (C=O) groups excluding carboxylic acids is 1. The second-order valence-electron chi connectivity index (χ2n) is 6.37. The highest BCUT2D eigenvalue weighted by Gasteiger charge is 2.18. The van der Waals surface area contributed by atoms with Gasteiger partial charge in [0.25, 0.3) is 10.0 Å². The number of likely N-dealkylation sites (N-methyl/N-ethyl adjacent to an activating group) is 1. The van der Waals surface area contributed by atoms with E-state index in [-0.39, 0.29) is 22.4 Å². The van der Waals surface area contributed by atoms with E-state index in [1.54, 1.807) is 35.4 Å². The molecule has 0 unspecified atom stereocenters. The zero-order valence-corrected chi connectivity index (χ0v) is 18.0. The number of aromatic nitrogens is 1. The monoisotopic (exact) mass is 429 g/mol. The van der Waals surface area contributed by atoms with Crippen LogP contribution in [0.2, 0.25) is 0 Å². The lowest BCUT2D eigenvalue weighted by atomic mass is 10.1. The van der Waals surface area contributed by atoms with Gasteiger partial charge < -0.3 is 4.90 Å². The van der Waals surface area contributed by atoms with Gasteiger partial charge in [-0.3, -0.25) is 9.52 Å². The third kappa shape index (κ3) is 5.21. The largest absolute Gasteiger partial charge is 0.343 e. The van der Waals surface area contributed by atoms with Crippen LogP contribution in [-0.4, -0.2) is 37.3 Å².